The number of allylic oxidation sites excluding steroid dienone is 2. The molecule has 0 spiro atoms. The molecule has 0 amide bonds. The highest BCUT2D eigenvalue weighted by Gasteiger charge is 2.70. The topological polar surface area (TPSA) is 105 Å². The fraction of sp³-hybridized carbons (Fsp3) is 0.818. The number of ether oxygens (including phenoxy) is 4. The van der Waals surface area contributed by atoms with E-state index in [0.29, 0.717) is 74.0 Å². The fourth-order valence-corrected chi connectivity index (χ4v) is 13.2. The van der Waals surface area contributed by atoms with Crippen molar-refractivity contribution in [3.8, 4) is 0 Å². The van der Waals surface area contributed by atoms with Crippen LogP contribution >= 0.6 is 0 Å². The molecule has 8 rings (SSSR count). The number of esters is 4. The van der Waals surface area contributed by atoms with Gasteiger partial charge in [0.05, 0.1) is 0 Å². The molecule has 8 nitrogen and oxygen atoms in total. The molecule has 8 aliphatic rings. The number of rotatable bonds is 10. The van der Waals surface area contributed by atoms with Crippen molar-refractivity contribution in [1.82, 2.24) is 0 Å². The lowest BCUT2D eigenvalue weighted by Gasteiger charge is -2.49. The third kappa shape index (κ3) is 6.48. The van der Waals surface area contributed by atoms with Gasteiger partial charge >= 0.3 is 23.9 Å². The van der Waals surface area contributed by atoms with Crippen LogP contribution < -0.4 is 0 Å². The van der Waals surface area contributed by atoms with Crippen molar-refractivity contribution >= 4 is 23.9 Å². The van der Waals surface area contributed by atoms with E-state index in [2.05, 4.69) is 33.9 Å². The first kappa shape index (κ1) is 36.3. The minimum atomic E-state index is -1.36. The van der Waals surface area contributed by atoms with Gasteiger partial charge in [-0.1, -0.05) is 39.3 Å². The van der Waals surface area contributed by atoms with Crippen LogP contribution in [0.25, 0.3) is 0 Å². The maximum Gasteiger partial charge on any atom is 0.324 e. The van der Waals surface area contributed by atoms with E-state index in [4.69, 9.17) is 18.9 Å². The van der Waals surface area contributed by atoms with Crippen molar-refractivity contribution in [3.63, 3.8) is 0 Å². The lowest BCUT2D eigenvalue weighted by atomic mass is 9.64. The molecule has 0 N–H and O–H groups in total. The summed E-state index contributed by atoms with van der Waals surface area (Å²) in [7, 11) is 0. The van der Waals surface area contributed by atoms with E-state index < -0.39 is 52.0 Å². The second kappa shape index (κ2) is 13.3. The van der Waals surface area contributed by atoms with Gasteiger partial charge in [-0.25, -0.2) is 0 Å². The van der Waals surface area contributed by atoms with Crippen molar-refractivity contribution in [1.29, 1.82) is 0 Å². The largest absolute Gasteiger partial charge is 0.461 e. The average Bonchev–Trinajstić information content (AvgIpc) is 3.96. The molecule has 13 atom stereocenters. The monoisotopic (exact) mass is 718 g/mol. The summed E-state index contributed by atoms with van der Waals surface area (Å²) in [5.74, 6) is 0.836. The Hall–Kier alpha value is -2.64. The van der Waals surface area contributed by atoms with Crippen LogP contribution in [0, 0.1) is 64.1 Å². The van der Waals surface area contributed by atoms with Gasteiger partial charge in [-0.2, -0.15) is 0 Å². The van der Waals surface area contributed by atoms with Crippen LogP contribution in [0.3, 0.4) is 0 Å². The third-order valence-electron chi connectivity index (χ3n) is 15.2. The molecular formula is C44H62O8. The Morgan fingerprint density at radius 3 is 1.62 bits per heavy atom. The summed E-state index contributed by atoms with van der Waals surface area (Å²) >= 11 is 0. The SMILES string of the molecule is C=CC1CC1(C(=O)OC1CC2CC(C)CC(OC(=O)C3(C(=O)OC4CC5CC(C)CC(C5)C4)CC3C=C)(C2)C1)C(=O)OC12CCCC(CC(C)C1)C2. The van der Waals surface area contributed by atoms with E-state index in [0.717, 1.165) is 44.9 Å². The fourth-order valence-electron chi connectivity index (χ4n) is 13.2. The Kier molecular flexibility index (Phi) is 9.28. The van der Waals surface area contributed by atoms with E-state index >= 15 is 0 Å². The Morgan fingerprint density at radius 1 is 0.519 bits per heavy atom. The number of carbonyl (C=O) groups excluding carboxylic acids is 4. The van der Waals surface area contributed by atoms with Gasteiger partial charge in [-0.15, -0.1) is 13.2 Å². The molecule has 52 heavy (non-hydrogen) atoms. The van der Waals surface area contributed by atoms with Crippen LogP contribution in [-0.2, 0) is 38.1 Å². The summed E-state index contributed by atoms with van der Waals surface area (Å²) in [6.45, 7) is 14.6. The zero-order valence-electron chi connectivity index (χ0n) is 31.9. The van der Waals surface area contributed by atoms with E-state index in [1.807, 2.05) is 0 Å². The lowest BCUT2D eigenvalue weighted by Crippen LogP contribution is -2.52. The second-order valence-electron chi connectivity index (χ2n) is 19.8. The summed E-state index contributed by atoms with van der Waals surface area (Å²) in [6.07, 6.45) is 18.0. The van der Waals surface area contributed by atoms with Gasteiger partial charge in [0.15, 0.2) is 10.8 Å². The van der Waals surface area contributed by atoms with Gasteiger partial charge in [-0.05, 0) is 144 Å². The van der Waals surface area contributed by atoms with Crippen molar-refractivity contribution in [3.05, 3.63) is 25.3 Å². The minimum absolute atomic E-state index is 0.156. The van der Waals surface area contributed by atoms with Crippen LogP contribution in [0.1, 0.15) is 136 Å². The molecule has 0 radical (unpaired) electrons. The standard InChI is InChI=1S/C44H62O8/c1-6-33-23-43(33,37(45)49-35-16-30-11-26(3)12-31(15-30)17-35)40(48)52-42-20-28(5)14-32(22-42)18-36(25-42)50-38(46)44(24-34(44)7-2)39(47)51-41-10-8-9-29(21-41)13-27(4)19-41/h6-7,26-36H,1-2,8-25H2,3-5H3. The Labute approximate surface area is 310 Å². The first-order valence-corrected chi connectivity index (χ1v) is 20.9. The maximum atomic E-state index is 14.3. The normalized spacial score (nSPS) is 48.6. The molecule has 8 fully saturated rings. The van der Waals surface area contributed by atoms with Gasteiger partial charge in [0.1, 0.15) is 23.4 Å². The Balaban J connectivity index is 0.955. The minimum Gasteiger partial charge on any atom is -0.461 e. The number of carbonyl (C=O) groups is 4. The van der Waals surface area contributed by atoms with E-state index in [9.17, 15) is 19.2 Å². The van der Waals surface area contributed by atoms with Crippen molar-refractivity contribution in [2.75, 3.05) is 0 Å². The zero-order valence-corrected chi connectivity index (χ0v) is 31.9. The maximum absolute atomic E-state index is 14.3. The smallest absolute Gasteiger partial charge is 0.324 e. The predicted octanol–water partition coefficient (Wildman–Crippen LogP) is 8.45. The molecular weight excluding hydrogens is 656 g/mol. The van der Waals surface area contributed by atoms with E-state index in [-0.39, 0.29) is 23.9 Å². The third-order valence-corrected chi connectivity index (χ3v) is 15.2. The van der Waals surface area contributed by atoms with Crippen molar-refractivity contribution < 1.29 is 38.1 Å². The second-order valence-corrected chi connectivity index (χ2v) is 19.8. The molecule has 6 bridgehead atoms. The highest BCUT2D eigenvalue weighted by Crippen LogP contribution is 2.60. The zero-order chi connectivity index (χ0) is 36.6. The first-order chi connectivity index (χ1) is 24.8. The van der Waals surface area contributed by atoms with Crippen LogP contribution in [0.2, 0.25) is 0 Å². The van der Waals surface area contributed by atoms with Gasteiger partial charge in [-0.3, -0.25) is 19.2 Å². The molecule has 0 heterocycles. The number of fused-ring (bicyclic) bond motifs is 6. The lowest BCUT2D eigenvalue weighted by molar-refractivity contribution is -0.198. The summed E-state index contributed by atoms with van der Waals surface area (Å²) < 4.78 is 25.5. The first-order valence-electron chi connectivity index (χ1n) is 20.9. The van der Waals surface area contributed by atoms with Crippen LogP contribution in [0.5, 0.6) is 0 Å². The highest BCUT2D eigenvalue weighted by molar-refractivity contribution is 6.05. The molecule has 8 aliphatic carbocycles. The van der Waals surface area contributed by atoms with Gasteiger partial charge < -0.3 is 18.9 Å². The van der Waals surface area contributed by atoms with Gasteiger partial charge in [0.2, 0.25) is 0 Å². The molecule has 0 aromatic heterocycles. The summed E-state index contributed by atoms with van der Waals surface area (Å²) in [4.78, 5) is 56.5. The molecule has 0 aromatic rings. The van der Waals surface area contributed by atoms with Gasteiger partial charge in [0, 0.05) is 18.3 Å². The van der Waals surface area contributed by atoms with Crippen LogP contribution in [-0.4, -0.2) is 47.3 Å². The number of hydrogen-bond acceptors (Lipinski definition) is 8. The molecule has 0 aliphatic heterocycles. The molecule has 8 saturated carbocycles. The summed E-state index contributed by atoms with van der Waals surface area (Å²) in [5.41, 5.74) is -4.06. The molecule has 13 unspecified atom stereocenters. The summed E-state index contributed by atoms with van der Waals surface area (Å²) in [6, 6.07) is 0. The molecule has 0 aromatic carbocycles. The van der Waals surface area contributed by atoms with Crippen LogP contribution in [0.15, 0.2) is 25.3 Å². The molecule has 286 valence electrons. The van der Waals surface area contributed by atoms with Crippen molar-refractivity contribution in [2.45, 2.75) is 160 Å². The molecule has 8 heteroatoms. The predicted molar refractivity (Wildman–Crippen MR) is 194 cm³/mol. The summed E-state index contributed by atoms with van der Waals surface area (Å²) in [5, 5.41) is 0. The Bertz CT molecular complexity index is 1460. The quantitative estimate of drug-likeness (QED) is 0.0960. The van der Waals surface area contributed by atoms with E-state index in [1.54, 1.807) is 12.2 Å². The average molecular weight is 719 g/mol. The Morgan fingerprint density at radius 2 is 1.02 bits per heavy atom. The van der Waals surface area contributed by atoms with Crippen molar-refractivity contribution in [2.24, 2.45) is 64.1 Å². The number of hydrogen-bond donors (Lipinski definition) is 0. The highest BCUT2D eigenvalue weighted by atomic mass is 16.6. The van der Waals surface area contributed by atoms with E-state index in [1.165, 1.54) is 32.1 Å². The van der Waals surface area contributed by atoms with Gasteiger partial charge in [0.25, 0.3) is 0 Å². The van der Waals surface area contributed by atoms with Crippen LogP contribution in [0.4, 0.5) is 0 Å². The molecule has 0 saturated heterocycles.